The van der Waals surface area contributed by atoms with Crippen LogP contribution in [-0.4, -0.2) is 44.9 Å². The summed E-state index contributed by atoms with van der Waals surface area (Å²) < 4.78 is 24.4. The molecule has 1 aromatic rings. The second-order valence-corrected chi connectivity index (χ2v) is 5.18. The number of rotatable bonds is 9. The molecular formula is C16H27FN2O2. The van der Waals surface area contributed by atoms with E-state index >= 15 is 0 Å². The minimum Gasteiger partial charge on any atom is -0.496 e. The minimum atomic E-state index is -0.384. The highest BCUT2D eigenvalue weighted by atomic mass is 19.1. The Kier molecular flexibility index (Phi) is 7.64. The van der Waals surface area contributed by atoms with Gasteiger partial charge in [-0.1, -0.05) is 13.0 Å². The number of nitrogens with two attached hydrogens (primary N) is 1. The number of halogens is 1. The van der Waals surface area contributed by atoms with Gasteiger partial charge in [-0.15, -0.1) is 0 Å². The highest BCUT2D eigenvalue weighted by Gasteiger charge is 2.19. The van der Waals surface area contributed by atoms with Gasteiger partial charge in [-0.25, -0.2) is 4.39 Å². The summed E-state index contributed by atoms with van der Waals surface area (Å²) in [4.78, 5) is 2.27. The molecule has 0 saturated carbocycles. The van der Waals surface area contributed by atoms with Crippen LogP contribution in [0.4, 0.5) is 4.39 Å². The zero-order valence-corrected chi connectivity index (χ0v) is 13.4. The van der Waals surface area contributed by atoms with Crippen LogP contribution in [0.15, 0.2) is 18.2 Å². The van der Waals surface area contributed by atoms with Crippen LogP contribution >= 0.6 is 0 Å². The van der Waals surface area contributed by atoms with Crippen molar-refractivity contribution in [3.05, 3.63) is 29.6 Å². The van der Waals surface area contributed by atoms with Crippen molar-refractivity contribution in [2.45, 2.75) is 32.4 Å². The fourth-order valence-corrected chi connectivity index (χ4v) is 2.54. The summed E-state index contributed by atoms with van der Waals surface area (Å²) in [6.45, 7) is 6.58. The molecule has 0 aliphatic heterocycles. The number of nitrogens with zero attached hydrogens (tertiary/aromatic N) is 1. The van der Waals surface area contributed by atoms with Gasteiger partial charge in [0.1, 0.15) is 11.6 Å². The molecule has 0 fully saturated rings. The first-order chi connectivity index (χ1) is 10.0. The van der Waals surface area contributed by atoms with Crippen molar-refractivity contribution in [2.75, 3.05) is 33.9 Å². The molecule has 120 valence electrons. The monoisotopic (exact) mass is 298 g/mol. The molecule has 4 nitrogen and oxygen atoms in total. The lowest BCUT2D eigenvalue weighted by Crippen LogP contribution is -2.38. The minimum absolute atomic E-state index is 0.310. The Balaban J connectivity index is 2.71. The van der Waals surface area contributed by atoms with Gasteiger partial charge in [0, 0.05) is 31.3 Å². The van der Waals surface area contributed by atoms with Gasteiger partial charge < -0.3 is 15.2 Å². The second-order valence-electron chi connectivity index (χ2n) is 5.18. The van der Waals surface area contributed by atoms with Crippen molar-refractivity contribution in [1.29, 1.82) is 0 Å². The topological polar surface area (TPSA) is 47.7 Å². The quantitative estimate of drug-likeness (QED) is 0.761. The maximum absolute atomic E-state index is 14.0. The van der Waals surface area contributed by atoms with E-state index in [9.17, 15) is 4.39 Å². The molecule has 1 rings (SSSR count). The van der Waals surface area contributed by atoms with Crippen molar-refractivity contribution in [1.82, 2.24) is 4.90 Å². The third-order valence-corrected chi connectivity index (χ3v) is 3.77. The van der Waals surface area contributed by atoms with Crippen molar-refractivity contribution < 1.29 is 13.9 Å². The molecule has 21 heavy (non-hydrogen) atoms. The van der Waals surface area contributed by atoms with Gasteiger partial charge in [0.05, 0.1) is 13.7 Å². The smallest absolute Gasteiger partial charge is 0.131 e. The van der Waals surface area contributed by atoms with Crippen molar-refractivity contribution in [3.8, 4) is 5.75 Å². The lowest BCUT2D eigenvalue weighted by Gasteiger charge is -2.28. The summed E-state index contributed by atoms with van der Waals surface area (Å²) in [5.74, 6) is 0.199. The van der Waals surface area contributed by atoms with E-state index in [0.29, 0.717) is 30.4 Å². The predicted octanol–water partition coefficient (Wildman–Crippen LogP) is 2.58. The Bertz CT molecular complexity index is 429. The molecule has 0 amide bonds. The molecule has 0 spiro atoms. The van der Waals surface area contributed by atoms with E-state index in [1.165, 1.54) is 13.2 Å². The van der Waals surface area contributed by atoms with Gasteiger partial charge in [0.15, 0.2) is 0 Å². The molecule has 2 unspecified atom stereocenters. The molecule has 0 saturated heterocycles. The summed E-state index contributed by atoms with van der Waals surface area (Å²) in [6.07, 6.45) is 0.666. The molecule has 5 heteroatoms. The van der Waals surface area contributed by atoms with Crippen LogP contribution in [0.2, 0.25) is 0 Å². The molecule has 0 bridgehead atoms. The van der Waals surface area contributed by atoms with Gasteiger partial charge >= 0.3 is 0 Å². The van der Waals surface area contributed by atoms with Gasteiger partial charge in [-0.2, -0.15) is 0 Å². The zero-order valence-electron chi connectivity index (χ0n) is 13.4. The number of hydrogen-bond acceptors (Lipinski definition) is 4. The number of likely N-dealkylation sites (N-methyl/N-ethyl adjacent to an activating group) is 1. The molecule has 2 atom stereocenters. The van der Waals surface area contributed by atoms with Crippen molar-refractivity contribution in [2.24, 2.45) is 5.73 Å². The number of methoxy groups -OCH3 is 2. The fourth-order valence-electron chi connectivity index (χ4n) is 2.54. The molecular weight excluding hydrogens is 271 g/mol. The number of benzene rings is 1. The summed E-state index contributed by atoms with van der Waals surface area (Å²) in [5.41, 5.74) is 6.63. The largest absolute Gasteiger partial charge is 0.496 e. The molecule has 0 aliphatic rings. The van der Waals surface area contributed by atoms with Crippen LogP contribution < -0.4 is 10.5 Å². The molecule has 0 aromatic heterocycles. The van der Waals surface area contributed by atoms with E-state index < -0.39 is 0 Å². The first kappa shape index (κ1) is 17.9. The molecule has 1 aromatic carbocycles. The van der Waals surface area contributed by atoms with E-state index in [4.69, 9.17) is 15.2 Å². The molecule has 0 heterocycles. The predicted molar refractivity (Wildman–Crippen MR) is 83.1 cm³/mol. The second kappa shape index (κ2) is 8.97. The highest BCUT2D eigenvalue weighted by Crippen LogP contribution is 2.28. The summed E-state index contributed by atoms with van der Waals surface area (Å²) in [6, 6.07) is 4.72. The average Bonchev–Trinajstić information content (AvgIpc) is 2.47. The third-order valence-electron chi connectivity index (χ3n) is 3.77. The number of hydrogen-bond donors (Lipinski definition) is 1. The molecule has 2 N–H and O–H groups in total. The summed E-state index contributed by atoms with van der Waals surface area (Å²) >= 11 is 0. The maximum atomic E-state index is 14.0. The third kappa shape index (κ3) is 4.95. The Morgan fingerprint density at radius 3 is 2.62 bits per heavy atom. The highest BCUT2D eigenvalue weighted by molar-refractivity contribution is 5.37. The van der Waals surface area contributed by atoms with Crippen LogP contribution in [-0.2, 0) is 4.74 Å². The van der Waals surface area contributed by atoms with E-state index in [1.807, 2.05) is 0 Å². The van der Waals surface area contributed by atoms with E-state index in [1.54, 1.807) is 19.2 Å². The van der Waals surface area contributed by atoms with E-state index in [2.05, 4.69) is 18.7 Å². The first-order valence-electron chi connectivity index (χ1n) is 7.36. The van der Waals surface area contributed by atoms with Crippen LogP contribution in [0.5, 0.6) is 5.75 Å². The number of ether oxygens (including phenoxy) is 2. The lowest BCUT2D eigenvalue weighted by atomic mass is 10.0. The van der Waals surface area contributed by atoms with Crippen LogP contribution in [0, 0.1) is 5.82 Å². The zero-order chi connectivity index (χ0) is 15.8. The summed E-state index contributed by atoms with van der Waals surface area (Å²) in [7, 11) is 3.23. The van der Waals surface area contributed by atoms with Crippen molar-refractivity contribution >= 4 is 0 Å². The Hall–Kier alpha value is -1.17. The molecule has 0 radical (unpaired) electrons. The molecule has 0 aliphatic carbocycles. The maximum Gasteiger partial charge on any atom is 0.131 e. The SMILES string of the molecule is CCN(CCC(N)c1c(F)cccc1OC)C(C)COC. The van der Waals surface area contributed by atoms with Gasteiger partial charge in [0.2, 0.25) is 0 Å². The lowest BCUT2D eigenvalue weighted by molar-refractivity contribution is 0.100. The van der Waals surface area contributed by atoms with Gasteiger partial charge in [-0.05, 0) is 32.0 Å². The van der Waals surface area contributed by atoms with Crippen LogP contribution in [0.3, 0.4) is 0 Å². The standard InChI is InChI=1S/C16H27FN2O2/c1-5-19(12(2)11-20-3)10-9-14(18)16-13(17)7-6-8-15(16)21-4/h6-8,12,14H,5,9-11,18H2,1-4H3. The van der Waals surface area contributed by atoms with E-state index in [0.717, 1.165) is 13.1 Å². The van der Waals surface area contributed by atoms with Crippen LogP contribution in [0.25, 0.3) is 0 Å². The normalized spacial score (nSPS) is 14.2. The Labute approximate surface area is 127 Å². The first-order valence-corrected chi connectivity index (χ1v) is 7.36. The Morgan fingerprint density at radius 1 is 1.33 bits per heavy atom. The average molecular weight is 298 g/mol. The summed E-state index contributed by atoms with van der Waals surface area (Å²) in [5, 5.41) is 0. The fraction of sp³-hybridized carbons (Fsp3) is 0.625. The van der Waals surface area contributed by atoms with Gasteiger partial charge in [0.25, 0.3) is 0 Å². The Morgan fingerprint density at radius 2 is 2.05 bits per heavy atom. The van der Waals surface area contributed by atoms with Crippen LogP contribution in [0.1, 0.15) is 31.9 Å². The van der Waals surface area contributed by atoms with Gasteiger partial charge in [-0.3, -0.25) is 4.90 Å². The van der Waals surface area contributed by atoms with E-state index in [-0.39, 0.29) is 11.9 Å². The van der Waals surface area contributed by atoms with Crippen molar-refractivity contribution in [3.63, 3.8) is 0 Å².